The van der Waals surface area contributed by atoms with E-state index in [1.165, 1.54) is 0 Å². The lowest BCUT2D eigenvalue weighted by molar-refractivity contribution is -0.212. The molecule has 3 aliphatic rings. The van der Waals surface area contributed by atoms with Crippen LogP contribution >= 0.6 is 0 Å². The van der Waals surface area contributed by atoms with E-state index in [1.807, 2.05) is 18.9 Å². The predicted octanol–water partition coefficient (Wildman–Crippen LogP) is 0.357. The van der Waals surface area contributed by atoms with Crippen LogP contribution in [0.1, 0.15) is 29.0 Å². The highest BCUT2D eigenvalue weighted by atomic mass is 16.5. The normalized spacial score (nSPS) is 36.1. The number of aromatic nitrogens is 2. The smallest absolute Gasteiger partial charge is 0.272 e. The van der Waals surface area contributed by atoms with Gasteiger partial charge in [0, 0.05) is 51.1 Å². The number of hydrogen-bond acceptors (Lipinski definition) is 5. The molecule has 4 heterocycles. The maximum absolute atomic E-state index is 13.2. The first-order valence-electron chi connectivity index (χ1n) is 8.69. The number of fused-ring (bicyclic) bond motifs is 3. The van der Waals surface area contributed by atoms with E-state index in [9.17, 15) is 9.90 Å². The Morgan fingerprint density at radius 3 is 2.92 bits per heavy atom. The minimum Gasteiger partial charge on any atom is -0.389 e. The monoisotopic (exact) mass is 335 g/mol. The van der Waals surface area contributed by atoms with Crippen molar-refractivity contribution in [2.24, 2.45) is 18.9 Å². The maximum Gasteiger partial charge on any atom is 0.272 e. The summed E-state index contributed by atoms with van der Waals surface area (Å²) in [5, 5.41) is 11.3. The molecule has 0 radical (unpaired) electrons. The highest BCUT2D eigenvalue weighted by molar-refractivity contribution is 5.94. The second-order valence-corrected chi connectivity index (χ2v) is 7.30. The molecule has 0 aliphatic carbocycles. The molecule has 24 heavy (non-hydrogen) atoms. The summed E-state index contributed by atoms with van der Waals surface area (Å²) < 4.78 is 13.0. The van der Waals surface area contributed by atoms with Crippen molar-refractivity contribution in [1.29, 1.82) is 0 Å². The van der Waals surface area contributed by atoms with Crippen molar-refractivity contribution in [3.05, 3.63) is 17.7 Å². The van der Waals surface area contributed by atoms with Crippen molar-refractivity contribution in [2.75, 3.05) is 33.0 Å². The van der Waals surface area contributed by atoms with E-state index in [4.69, 9.17) is 9.47 Å². The topological polar surface area (TPSA) is 76.8 Å². The first kappa shape index (κ1) is 16.1. The zero-order valence-corrected chi connectivity index (χ0v) is 14.3. The first-order chi connectivity index (χ1) is 11.5. The third-order valence-electron chi connectivity index (χ3n) is 6.04. The number of nitrogens with zero attached hydrogens (tertiary/aromatic N) is 3. The van der Waals surface area contributed by atoms with Gasteiger partial charge in [0.25, 0.3) is 5.91 Å². The Bertz CT molecular complexity index is 626. The van der Waals surface area contributed by atoms with Gasteiger partial charge in [0.15, 0.2) is 0 Å². The molecule has 0 bridgehead atoms. The van der Waals surface area contributed by atoms with Crippen LogP contribution in [0, 0.1) is 18.8 Å². The van der Waals surface area contributed by atoms with Gasteiger partial charge >= 0.3 is 0 Å². The number of ether oxygens (including phenoxy) is 2. The molecule has 132 valence electrons. The second kappa shape index (κ2) is 5.82. The molecule has 1 N–H and O–H groups in total. The minimum atomic E-state index is -0.790. The van der Waals surface area contributed by atoms with E-state index < -0.39 is 5.60 Å². The summed E-state index contributed by atoms with van der Waals surface area (Å²) in [6.07, 6.45) is 3.06. The Morgan fingerprint density at radius 2 is 2.17 bits per heavy atom. The van der Waals surface area contributed by atoms with Gasteiger partial charge in [-0.05, 0) is 13.3 Å². The molecule has 0 aromatic carbocycles. The maximum atomic E-state index is 13.2. The Hall–Kier alpha value is -1.44. The van der Waals surface area contributed by atoms with Crippen molar-refractivity contribution < 1.29 is 19.4 Å². The van der Waals surface area contributed by atoms with E-state index in [-0.39, 0.29) is 23.8 Å². The van der Waals surface area contributed by atoms with Gasteiger partial charge in [0.05, 0.1) is 30.8 Å². The number of carbonyl (C=O) groups is 1. The number of imidazole rings is 1. The molecule has 3 saturated heterocycles. The van der Waals surface area contributed by atoms with Crippen molar-refractivity contribution in [3.63, 3.8) is 0 Å². The van der Waals surface area contributed by atoms with Gasteiger partial charge < -0.3 is 24.0 Å². The van der Waals surface area contributed by atoms with Gasteiger partial charge in [-0.1, -0.05) is 0 Å². The van der Waals surface area contributed by atoms with Crippen LogP contribution in [0.2, 0.25) is 0 Å². The van der Waals surface area contributed by atoms with E-state index >= 15 is 0 Å². The van der Waals surface area contributed by atoms with Gasteiger partial charge in [-0.3, -0.25) is 4.79 Å². The Balaban J connectivity index is 1.69. The quantitative estimate of drug-likeness (QED) is 0.802. The number of aliphatic hydroxyl groups is 1. The van der Waals surface area contributed by atoms with Crippen LogP contribution in [0.4, 0.5) is 0 Å². The van der Waals surface area contributed by atoms with Crippen LogP contribution in [0.3, 0.4) is 0 Å². The molecule has 1 amide bonds. The number of amides is 1. The summed E-state index contributed by atoms with van der Waals surface area (Å²) in [5.41, 5.74) is 0.580. The highest BCUT2D eigenvalue weighted by Gasteiger charge is 2.56. The summed E-state index contributed by atoms with van der Waals surface area (Å²) >= 11 is 0. The van der Waals surface area contributed by atoms with Crippen LogP contribution < -0.4 is 0 Å². The molecule has 0 spiro atoms. The zero-order chi connectivity index (χ0) is 16.9. The summed E-state index contributed by atoms with van der Waals surface area (Å²) in [7, 11) is 1.85. The van der Waals surface area contributed by atoms with Gasteiger partial charge in [0.1, 0.15) is 5.69 Å². The molecule has 3 aliphatic heterocycles. The molecule has 4 rings (SSSR count). The molecule has 0 saturated carbocycles. The number of hydrogen-bond donors (Lipinski definition) is 1. The number of piperidine rings is 1. The summed E-state index contributed by atoms with van der Waals surface area (Å²) in [6.45, 7) is 4.59. The molecule has 0 unspecified atom stereocenters. The summed E-state index contributed by atoms with van der Waals surface area (Å²) in [5.74, 6) is -0.116. The van der Waals surface area contributed by atoms with E-state index in [1.54, 1.807) is 10.9 Å². The third kappa shape index (κ3) is 2.29. The number of likely N-dealkylation sites (tertiary alicyclic amines) is 1. The van der Waals surface area contributed by atoms with Crippen molar-refractivity contribution in [2.45, 2.75) is 31.4 Å². The van der Waals surface area contributed by atoms with Crippen molar-refractivity contribution >= 4 is 5.91 Å². The lowest BCUT2D eigenvalue weighted by Gasteiger charge is -2.57. The molecule has 1 aromatic heterocycles. The van der Waals surface area contributed by atoms with E-state index in [0.717, 1.165) is 12.1 Å². The fourth-order valence-corrected chi connectivity index (χ4v) is 4.68. The van der Waals surface area contributed by atoms with Crippen LogP contribution in [-0.2, 0) is 16.5 Å². The van der Waals surface area contributed by atoms with E-state index in [0.29, 0.717) is 45.1 Å². The van der Waals surface area contributed by atoms with Crippen LogP contribution in [-0.4, -0.2) is 70.1 Å². The average molecular weight is 335 g/mol. The van der Waals surface area contributed by atoms with Gasteiger partial charge in [0.2, 0.25) is 0 Å². The molecular weight excluding hydrogens is 310 g/mol. The molecular formula is C17H25N3O4. The first-order valence-corrected chi connectivity index (χ1v) is 8.69. The number of rotatable bonds is 1. The van der Waals surface area contributed by atoms with Gasteiger partial charge in [-0.25, -0.2) is 4.98 Å². The van der Waals surface area contributed by atoms with Crippen LogP contribution in [0.15, 0.2) is 6.33 Å². The zero-order valence-electron chi connectivity index (χ0n) is 14.3. The summed E-state index contributed by atoms with van der Waals surface area (Å²) in [4.78, 5) is 19.4. The molecule has 1 aromatic rings. The lowest BCUT2D eigenvalue weighted by Crippen LogP contribution is -2.68. The fraction of sp³-hybridized carbons (Fsp3) is 0.765. The summed E-state index contributed by atoms with van der Waals surface area (Å²) in [6, 6.07) is 0.0138. The lowest BCUT2D eigenvalue weighted by atomic mass is 9.66. The Kier molecular flexibility index (Phi) is 3.89. The van der Waals surface area contributed by atoms with E-state index in [2.05, 4.69) is 4.98 Å². The third-order valence-corrected chi connectivity index (χ3v) is 6.04. The van der Waals surface area contributed by atoms with Gasteiger partial charge in [-0.2, -0.15) is 0 Å². The van der Waals surface area contributed by atoms with Crippen LogP contribution in [0.5, 0.6) is 0 Å². The minimum absolute atomic E-state index is 0.00276. The Morgan fingerprint density at radius 1 is 1.38 bits per heavy atom. The largest absolute Gasteiger partial charge is 0.389 e. The van der Waals surface area contributed by atoms with Crippen molar-refractivity contribution in [3.8, 4) is 0 Å². The number of aryl methyl sites for hydroxylation is 2. The average Bonchev–Trinajstić information content (AvgIpc) is 2.92. The Labute approximate surface area is 141 Å². The van der Waals surface area contributed by atoms with Crippen LogP contribution in [0.25, 0.3) is 0 Å². The fourth-order valence-electron chi connectivity index (χ4n) is 4.68. The second-order valence-electron chi connectivity index (χ2n) is 7.30. The SMILES string of the molecule is Cc1ncn(C)c1C(=O)N1C[C@@H]2COCC[C@]2(O)[C@H]2COCC[C@H]21. The highest BCUT2D eigenvalue weighted by Crippen LogP contribution is 2.44. The molecule has 4 atom stereocenters. The molecule has 7 heteroatoms. The van der Waals surface area contributed by atoms with Gasteiger partial charge in [-0.15, -0.1) is 0 Å². The number of carbonyl (C=O) groups excluding carboxylic acids is 1. The standard InChI is InChI=1S/C17H25N3O4/c1-11-15(19(2)10-18-11)16(21)20-7-12-8-24-6-4-17(12,22)13-9-23-5-3-14(13)20/h10,12-14,22H,3-9H2,1-2H3/t12-,13+,14-,17-/m1/s1. The molecule has 3 fully saturated rings. The molecule has 7 nitrogen and oxygen atoms in total. The van der Waals surface area contributed by atoms with Crippen molar-refractivity contribution in [1.82, 2.24) is 14.5 Å². The predicted molar refractivity (Wildman–Crippen MR) is 85.6 cm³/mol.